The van der Waals surface area contributed by atoms with Gasteiger partial charge in [0.1, 0.15) is 5.00 Å². The molecule has 7 heteroatoms. The SMILES string of the molecule is CCOC(=O)c1c(NC(=O)CC(c2ccccc2)c2ccccc2)sc2c1CCN(C)C2.Cl. The maximum absolute atomic E-state index is 13.2. The highest BCUT2D eigenvalue weighted by Crippen LogP contribution is 2.38. The first-order chi connectivity index (χ1) is 15.6. The summed E-state index contributed by atoms with van der Waals surface area (Å²) in [6, 6.07) is 20.1. The Balaban J connectivity index is 0.00000306. The molecule has 1 amide bonds. The second-order valence-corrected chi connectivity index (χ2v) is 9.15. The lowest BCUT2D eigenvalue weighted by Gasteiger charge is -2.22. The minimum absolute atomic E-state index is 0. The van der Waals surface area contributed by atoms with Crippen molar-refractivity contribution in [3.8, 4) is 0 Å². The Morgan fingerprint density at radius 2 is 1.67 bits per heavy atom. The molecule has 2 aromatic carbocycles. The molecule has 0 bridgehead atoms. The Morgan fingerprint density at radius 3 is 2.24 bits per heavy atom. The highest BCUT2D eigenvalue weighted by atomic mass is 35.5. The van der Waals surface area contributed by atoms with Crippen molar-refractivity contribution in [2.45, 2.75) is 32.2 Å². The van der Waals surface area contributed by atoms with E-state index >= 15 is 0 Å². The van der Waals surface area contributed by atoms with Gasteiger partial charge in [0, 0.05) is 30.3 Å². The van der Waals surface area contributed by atoms with Crippen molar-refractivity contribution in [1.82, 2.24) is 4.90 Å². The summed E-state index contributed by atoms with van der Waals surface area (Å²) >= 11 is 1.49. The number of nitrogens with one attached hydrogen (secondary N) is 1. The molecule has 1 aliphatic heterocycles. The molecule has 1 aromatic heterocycles. The van der Waals surface area contributed by atoms with E-state index in [2.05, 4.69) is 41.5 Å². The number of esters is 1. The van der Waals surface area contributed by atoms with Gasteiger partial charge in [-0.3, -0.25) is 4.79 Å². The molecule has 0 saturated heterocycles. The number of nitrogens with zero attached hydrogens (tertiary/aromatic N) is 1. The van der Waals surface area contributed by atoms with Gasteiger partial charge >= 0.3 is 5.97 Å². The number of anilines is 1. The van der Waals surface area contributed by atoms with Crippen molar-refractivity contribution in [3.05, 3.63) is 87.8 Å². The Hall–Kier alpha value is -2.67. The van der Waals surface area contributed by atoms with Gasteiger partial charge in [-0.15, -0.1) is 23.7 Å². The molecule has 174 valence electrons. The van der Waals surface area contributed by atoms with E-state index in [4.69, 9.17) is 4.74 Å². The van der Waals surface area contributed by atoms with Gasteiger partial charge in [-0.05, 0) is 37.1 Å². The molecule has 0 spiro atoms. The third kappa shape index (κ3) is 5.82. The lowest BCUT2D eigenvalue weighted by molar-refractivity contribution is -0.116. The maximum atomic E-state index is 13.2. The normalized spacial score (nSPS) is 13.2. The number of rotatable bonds is 7. The number of amides is 1. The molecule has 0 radical (unpaired) electrons. The van der Waals surface area contributed by atoms with Crippen molar-refractivity contribution in [2.75, 3.05) is 25.5 Å². The second-order valence-electron chi connectivity index (χ2n) is 8.04. The second kappa shape index (κ2) is 11.5. The van der Waals surface area contributed by atoms with Crippen LogP contribution >= 0.6 is 23.7 Å². The predicted octanol–water partition coefficient (Wildman–Crippen LogP) is 5.50. The van der Waals surface area contributed by atoms with Crippen LogP contribution in [-0.2, 0) is 22.5 Å². The van der Waals surface area contributed by atoms with Crippen LogP contribution in [0, 0.1) is 0 Å². The molecule has 0 unspecified atom stereocenters. The zero-order valence-electron chi connectivity index (χ0n) is 18.9. The molecule has 1 aliphatic rings. The van der Waals surface area contributed by atoms with Crippen LogP contribution in [0.2, 0.25) is 0 Å². The van der Waals surface area contributed by atoms with Crippen LogP contribution in [0.5, 0.6) is 0 Å². The van der Waals surface area contributed by atoms with Crippen LogP contribution in [0.1, 0.15) is 51.2 Å². The van der Waals surface area contributed by atoms with Crippen molar-refractivity contribution in [1.29, 1.82) is 0 Å². The van der Waals surface area contributed by atoms with Crippen molar-refractivity contribution >= 4 is 40.6 Å². The van der Waals surface area contributed by atoms with E-state index < -0.39 is 0 Å². The average Bonchev–Trinajstić information content (AvgIpc) is 3.15. The smallest absolute Gasteiger partial charge is 0.341 e. The van der Waals surface area contributed by atoms with E-state index in [1.807, 2.05) is 36.4 Å². The number of carbonyl (C=O) groups excluding carboxylic acids is 2. The van der Waals surface area contributed by atoms with E-state index in [0.717, 1.165) is 41.1 Å². The molecule has 0 saturated carbocycles. The fourth-order valence-electron chi connectivity index (χ4n) is 4.20. The standard InChI is InChI=1S/C26H28N2O3S.ClH/c1-3-31-26(30)24-20-14-15-28(2)17-22(20)32-25(24)27-23(29)16-21(18-10-6-4-7-11-18)19-12-8-5-9-13-19;/h4-13,21H,3,14-17H2,1-2H3,(H,27,29);1H. The van der Waals surface area contributed by atoms with Gasteiger partial charge in [-0.25, -0.2) is 4.79 Å². The molecule has 0 atom stereocenters. The van der Waals surface area contributed by atoms with Crippen molar-refractivity contribution in [2.24, 2.45) is 0 Å². The van der Waals surface area contributed by atoms with Gasteiger partial charge in [-0.2, -0.15) is 0 Å². The van der Waals surface area contributed by atoms with E-state index in [1.165, 1.54) is 11.3 Å². The largest absolute Gasteiger partial charge is 0.462 e. The van der Waals surface area contributed by atoms with Crippen molar-refractivity contribution in [3.63, 3.8) is 0 Å². The molecule has 2 heterocycles. The number of ether oxygens (including phenoxy) is 1. The summed E-state index contributed by atoms with van der Waals surface area (Å²) in [4.78, 5) is 29.3. The molecule has 1 N–H and O–H groups in total. The van der Waals surface area contributed by atoms with Gasteiger partial charge in [0.2, 0.25) is 5.91 Å². The summed E-state index contributed by atoms with van der Waals surface area (Å²) in [6.45, 7) is 3.76. The first-order valence-electron chi connectivity index (χ1n) is 11.0. The van der Waals surface area contributed by atoms with Crippen LogP contribution < -0.4 is 5.32 Å². The number of likely N-dealkylation sites (N-methyl/N-ethyl adjacent to an activating group) is 1. The summed E-state index contributed by atoms with van der Waals surface area (Å²) in [5, 5.41) is 3.66. The Bertz CT molecular complexity index is 1050. The van der Waals surface area contributed by atoms with Gasteiger partial charge < -0.3 is 15.0 Å². The quantitative estimate of drug-likeness (QED) is 0.450. The zero-order valence-corrected chi connectivity index (χ0v) is 20.5. The van der Waals surface area contributed by atoms with E-state index in [-0.39, 0.29) is 30.2 Å². The molecule has 5 nitrogen and oxygen atoms in total. The number of halogens is 1. The number of thiophene rings is 1. The van der Waals surface area contributed by atoms with E-state index in [0.29, 0.717) is 23.6 Å². The topological polar surface area (TPSA) is 58.6 Å². The Morgan fingerprint density at radius 1 is 1.06 bits per heavy atom. The summed E-state index contributed by atoms with van der Waals surface area (Å²) in [5.74, 6) is -0.531. The maximum Gasteiger partial charge on any atom is 0.341 e. The molecule has 3 aromatic rings. The van der Waals surface area contributed by atoms with Gasteiger partial charge in [-0.1, -0.05) is 60.7 Å². The number of fused-ring (bicyclic) bond motifs is 1. The van der Waals surface area contributed by atoms with Crippen LogP contribution in [0.3, 0.4) is 0 Å². The van der Waals surface area contributed by atoms with Crippen LogP contribution in [0.4, 0.5) is 5.00 Å². The predicted molar refractivity (Wildman–Crippen MR) is 136 cm³/mol. The lowest BCUT2D eigenvalue weighted by Crippen LogP contribution is -2.26. The van der Waals surface area contributed by atoms with E-state index in [1.54, 1.807) is 6.92 Å². The summed E-state index contributed by atoms with van der Waals surface area (Å²) in [5.41, 5.74) is 3.73. The Labute approximate surface area is 205 Å². The fourth-order valence-corrected chi connectivity index (χ4v) is 5.53. The van der Waals surface area contributed by atoms with Crippen LogP contribution in [0.15, 0.2) is 60.7 Å². The molecule has 0 fully saturated rings. The minimum Gasteiger partial charge on any atom is -0.462 e. The summed E-state index contributed by atoms with van der Waals surface area (Å²) in [6.07, 6.45) is 1.07. The number of carbonyl (C=O) groups is 2. The third-order valence-electron chi connectivity index (χ3n) is 5.77. The molecular weight excluding hydrogens is 456 g/mol. The number of benzene rings is 2. The highest BCUT2D eigenvalue weighted by molar-refractivity contribution is 7.17. The summed E-state index contributed by atoms with van der Waals surface area (Å²) < 4.78 is 5.32. The van der Waals surface area contributed by atoms with Crippen LogP contribution in [0.25, 0.3) is 0 Å². The fraction of sp³-hybridized carbons (Fsp3) is 0.308. The number of hydrogen-bond acceptors (Lipinski definition) is 5. The number of hydrogen-bond donors (Lipinski definition) is 1. The van der Waals surface area contributed by atoms with Gasteiger partial charge in [0.05, 0.1) is 12.2 Å². The van der Waals surface area contributed by atoms with Gasteiger partial charge in [0.25, 0.3) is 0 Å². The average molecular weight is 485 g/mol. The third-order valence-corrected chi connectivity index (χ3v) is 6.91. The summed E-state index contributed by atoms with van der Waals surface area (Å²) in [7, 11) is 2.06. The van der Waals surface area contributed by atoms with Gasteiger partial charge in [0.15, 0.2) is 0 Å². The molecule has 4 rings (SSSR count). The van der Waals surface area contributed by atoms with E-state index in [9.17, 15) is 9.59 Å². The first kappa shape index (κ1) is 25.0. The van der Waals surface area contributed by atoms with Crippen molar-refractivity contribution < 1.29 is 14.3 Å². The zero-order chi connectivity index (χ0) is 22.5. The highest BCUT2D eigenvalue weighted by Gasteiger charge is 2.29. The lowest BCUT2D eigenvalue weighted by atomic mass is 9.88. The monoisotopic (exact) mass is 484 g/mol. The first-order valence-corrected chi connectivity index (χ1v) is 11.8. The molecule has 33 heavy (non-hydrogen) atoms. The molecule has 0 aliphatic carbocycles. The Kier molecular flexibility index (Phi) is 8.67. The minimum atomic E-state index is -0.354. The molecular formula is C26H29ClN2O3S. The van der Waals surface area contributed by atoms with Crippen LogP contribution in [-0.4, -0.2) is 37.0 Å².